The summed E-state index contributed by atoms with van der Waals surface area (Å²) in [6.45, 7) is 0.472. The molecule has 0 aliphatic rings. The van der Waals surface area contributed by atoms with Crippen molar-refractivity contribution in [1.29, 1.82) is 0 Å². The number of nitrogens with two attached hydrogens (primary N) is 1. The Kier molecular flexibility index (Phi) is 5.71. The van der Waals surface area contributed by atoms with Gasteiger partial charge >= 0.3 is 0 Å². The summed E-state index contributed by atoms with van der Waals surface area (Å²) < 4.78 is 5.84. The van der Waals surface area contributed by atoms with Crippen molar-refractivity contribution in [2.24, 2.45) is 10.9 Å². The number of carbonyl (C=O) groups excluding carboxylic acids is 1. The Morgan fingerprint density at radius 1 is 0.900 bits per heavy atom. The van der Waals surface area contributed by atoms with Gasteiger partial charge in [0.1, 0.15) is 12.4 Å². The predicted octanol–water partition coefficient (Wildman–Crippen LogP) is 4.96. The van der Waals surface area contributed by atoms with E-state index in [4.69, 9.17) is 10.6 Å². The Bertz CT molecular complexity index is 1200. The van der Waals surface area contributed by atoms with E-state index in [0.29, 0.717) is 23.6 Å². The van der Waals surface area contributed by atoms with E-state index in [2.05, 4.69) is 10.4 Å². The molecule has 0 atom stereocenters. The van der Waals surface area contributed by atoms with Gasteiger partial charge in [-0.05, 0) is 52.2 Å². The maximum atomic E-state index is 12.7. The largest absolute Gasteiger partial charge is 0.489 e. The molecule has 0 bridgehead atoms. The van der Waals surface area contributed by atoms with E-state index >= 15 is 0 Å². The molecule has 0 aliphatic carbocycles. The van der Waals surface area contributed by atoms with Gasteiger partial charge in [-0.3, -0.25) is 4.79 Å². The van der Waals surface area contributed by atoms with Crippen LogP contribution in [-0.4, -0.2) is 12.1 Å². The summed E-state index contributed by atoms with van der Waals surface area (Å²) in [5, 5.41) is 8.46. The topological polar surface area (TPSA) is 76.7 Å². The number of fused-ring (bicyclic) bond motifs is 1. The zero-order chi connectivity index (χ0) is 20.8. The second kappa shape index (κ2) is 8.92. The highest BCUT2D eigenvalue weighted by Crippen LogP contribution is 2.21. The first-order valence-electron chi connectivity index (χ1n) is 9.56. The third kappa shape index (κ3) is 4.64. The number of rotatable bonds is 6. The van der Waals surface area contributed by atoms with Crippen molar-refractivity contribution in [1.82, 2.24) is 0 Å². The average Bonchev–Trinajstić information content (AvgIpc) is 2.78. The Balaban J connectivity index is 1.46. The van der Waals surface area contributed by atoms with Gasteiger partial charge in [-0.2, -0.15) is 5.10 Å². The molecule has 4 aromatic rings. The summed E-state index contributed by atoms with van der Waals surface area (Å²) in [5.74, 6) is 5.73. The number of ether oxygens (including phenoxy) is 1. The number of nitrogens with zero attached hydrogens (tertiary/aromatic N) is 1. The van der Waals surface area contributed by atoms with Crippen LogP contribution in [0.4, 0.5) is 5.69 Å². The number of hydrogen-bond acceptors (Lipinski definition) is 4. The van der Waals surface area contributed by atoms with E-state index in [1.807, 2.05) is 84.9 Å². The first-order chi connectivity index (χ1) is 14.7. The number of hydrazone groups is 1. The second-order valence-corrected chi connectivity index (χ2v) is 6.86. The smallest absolute Gasteiger partial charge is 0.255 e. The van der Waals surface area contributed by atoms with Crippen LogP contribution >= 0.6 is 0 Å². The van der Waals surface area contributed by atoms with Gasteiger partial charge in [0.25, 0.3) is 5.91 Å². The van der Waals surface area contributed by atoms with Crippen LogP contribution in [0.25, 0.3) is 10.8 Å². The van der Waals surface area contributed by atoms with Crippen molar-refractivity contribution in [2.45, 2.75) is 6.61 Å². The van der Waals surface area contributed by atoms with E-state index < -0.39 is 0 Å². The summed E-state index contributed by atoms with van der Waals surface area (Å²) in [5.41, 5.74) is 3.26. The molecule has 0 spiro atoms. The number of amides is 1. The first-order valence-corrected chi connectivity index (χ1v) is 9.56. The number of benzene rings is 4. The van der Waals surface area contributed by atoms with Gasteiger partial charge in [-0.15, -0.1) is 0 Å². The van der Waals surface area contributed by atoms with Gasteiger partial charge < -0.3 is 15.9 Å². The van der Waals surface area contributed by atoms with Crippen LogP contribution in [0.3, 0.4) is 0 Å². The molecule has 0 unspecified atom stereocenters. The fourth-order valence-electron chi connectivity index (χ4n) is 3.18. The molecule has 3 N–H and O–H groups in total. The third-order valence-corrected chi connectivity index (χ3v) is 4.69. The van der Waals surface area contributed by atoms with Crippen LogP contribution < -0.4 is 15.9 Å². The van der Waals surface area contributed by atoms with E-state index in [0.717, 1.165) is 21.9 Å². The highest BCUT2D eigenvalue weighted by Gasteiger charge is 2.08. The van der Waals surface area contributed by atoms with Crippen LogP contribution in [0.5, 0.6) is 5.75 Å². The van der Waals surface area contributed by atoms with Crippen LogP contribution in [0, 0.1) is 0 Å². The molecule has 0 radical (unpaired) electrons. The van der Waals surface area contributed by atoms with Gasteiger partial charge in [-0.1, -0.05) is 54.6 Å². The molecule has 0 fully saturated rings. The molecule has 148 valence electrons. The maximum Gasteiger partial charge on any atom is 0.255 e. The molecule has 30 heavy (non-hydrogen) atoms. The number of anilines is 1. The highest BCUT2D eigenvalue weighted by molar-refractivity contribution is 6.06. The standard InChI is InChI=1S/C25H21N3O2/c26-27-16-19-9-10-21-14-22(12-11-20(21)13-19)25(29)28-23-7-4-8-24(15-23)30-17-18-5-2-1-3-6-18/h1-16H,17,26H2,(H,28,29). The number of hydrogen-bond donors (Lipinski definition) is 2. The summed E-state index contributed by atoms with van der Waals surface area (Å²) in [6, 6.07) is 28.7. The SMILES string of the molecule is NN=Cc1ccc2cc(C(=O)Nc3cccc(OCc4ccccc4)c3)ccc2c1. The molecule has 4 aromatic carbocycles. The lowest BCUT2D eigenvalue weighted by Crippen LogP contribution is -2.11. The molecule has 0 heterocycles. The van der Waals surface area contributed by atoms with Crippen molar-refractivity contribution >= 4 is 28.6 Å². The van der Waals surface area contributed by atoms with Crippen LogP contribution in [0.15, 0.2) is 96.1 Å². The Labute approximate surface area is 174 Å². The monoisotopic (exact) mass is 395 g/mol. The molecule has 5 nitrogen and oxygen atoms in total. The van der Waals surface area contributed by atoms with E-state index in [-0.39, 0.29) is 5.91 Å². The first kappa shape index (κ1) is 19.2. The lowest BCUT2D eigenvalue weighted by atomic mass is 10.0. The van der Waals surface area contributed by atoms with Crippen molar-refractivity contribution in [2.75, 3.05) is 5.32 Å². The highest BCUT2D eigenvalue weighted by atomic mass is 16.5. The summed E-state index contributed by atoms with van der Waals surface area (Å²) in [7, 11) is 0. The van der Waals surface area contributed by atoms with Gasteiger partial charge in [0.05, 0.1) is 6.21 Å². The average molecular weight is 395 g/mol. The quantitative estimate of drug-likeness (QED) is 0.275. The van der Waals surface area contributed by atoms with E-state index in [1.165, 1.54) is 0 Å². The Morgan fingerprint density at radius 3 is 2.53 bits per heavy atom. The minimum absolute atomic E-state index is 0.176. The molecule has 4 rings (SSSR count). The molecule has 1 amide bonds. The van der Waals surface area contributed by atoms with Gasteiger partial charge in [-0.25, -0.2) is 0 Å². The Hall–Kier alpha value is -4.12. The zero-order valence-electron chi connectivity index (χ0n) is 16.3. The summed E-state index contributed by atoms with van der Waals surface area (Å²) >= 11 is 0. The molecule has 0 saturated heterocycles. The fraction of sp³-hybridized carbons (Fsp3) is 0.0400. The lowest BCUT2D eigenvalue weighted by Gasteiger charge is -2.10. The van der Waals surface area contributed by atoms with Crippen LogP contribution in [0.1, 0.15) is 21.5 Å². The maximum absolute atomic E-state index is 12.7. The van der Waals surface area contributed by atoms with E-state index in [1.54, 1.807) is 12.3 Å². The Morgan fingerprint density at radius 2 is 1.70 bits per heavy atom. The van der Waals surface area contributed by atoms with Crippen LogP contribution in [-0.2, 0) is 6.61 Å². The third-order valence-electron chi connectivity index (χ3n) is 4.69. The minimum atomic E-state index is -0.176. The van der Waals surface area contributed by atoms with Gasteiger partial charge in [0, 0.05) is 17.3 Å². The molecule has 0 aromatic heterocycles. The molecule has 5 heteroatoms. The fourth-order valence-corrected chi connectivity index (χ4v) is 3.18. The van der Waals surface area contributed by atoms with Gasteiger partial charge in [0.15, 0.2) is 0 Å². The number of carbonyl (C=O) groups is 1. The van der Waals surface area contributed by atoms with Gasteiger partial charge in [0.2, 0.25) is 0 Å². The van der Waals surface area contributed by atoms with Crippen molar-refractivity contribution in [3.63, 3.8) is 0 Å². The van der Waals surface area contributed by atoms with Crippen LogP contribution in [0.2, 0.25) is 0 Å². The summed E-state index contributed by atoms with van der Waals surface area (Å²) in [4.78, 5) is 12.7. The second-order valence-electron chi connectivity index (χ2n) is 6.86. The summed E-state index contributed by atoms with van der Waals surface area (Å²) in [6.07, 6.45) is 1.59. The van der Waals surface area contributed by atoms with Crippen molar-refractivity contribution in [3.8, 4) is 5.75 Å². The lowest BCUT2D eigenvalue weighted by molar-refractivity contribution is 0.102. The predicted molar refractivity (Wildman–Crippen MR) is 121 cm³/mol. The van der Waals surface area contributed by atoms with Crippen molar-refractivity contribution < 1.29 is 9.53 Å². The zero-order valence-corrected chi connectivity index (χ0v) is 16.3. The molecule has 0 saturated carbocycles. The normalized spacial score (nSPS) is 10.9. The number of nitrogens with one attached hydrogen (secondary N) is 1. The minimum Gasteiger partial charge on any atom is -0.489 e. The van der Waals surface area contributed by atoms with Crippen molar-refractivity contribution in [3.05, 3.63) is 108 Å². The molecule has 0 aliphatic heterocycles. The van der Waals surface area contributed by atoms with E-state index in [9.17, 15) is 4.79 Å². The molecular weight excluding hydrogens is 374 g/mol. The molecular formula is C25H21N3O2.